The van der Waals surface area contributed by atoms with Crippen LogP contribution in [0.4, 0.5) is 0 Å². The number of aliphatic hydroxyl groups is 1. The molecule has 1 N–H and O–H groups in total. The zero-order valence-electron chi connectivity index (χ0n) is 6.81. The average Bonchev–Trinajstić information content (AvgIpc) is 2.66. The van der Waals surface area contributed by atoms with E-state index in [0.29, 0.717) is 17.6 Å². The summed E-state index contributed by atoms with van der Waals surface area (Å²) in [5.41, 5.74) is 0. The van der Waals surface area contributed by atoms with E-state index in [4.69, 9.17) is 0 Å². The second-order valence-electron chi connectivity index (χ2n) is 4.22. The number of ketones is 1. The summed E-state index contributed by atoms with van der Waals surface area (Å²) in [5, 5.41) is 9.74. The number of carbonyl (C=O) groups is 1. The number of hydrogen-bond acceptors (Lipinski definition) is 2. The highest BCUT2D eigenvalue weighted by atomic mass is 16.3. The van der Waals surface area contributed by atoms with Crippen LogP contribution in [0.5, 0.6) is 0 Å². The number of rotatable bonds is 0. The van der Waals surface area contributed by atoms with Crippen LogP contribution in [0.15, 0.2) is 12.2 Å². The Labute approximate surface area is 71.3 Å². The van der Waals surface area contributed by atoms with E-state index in [0.717, 1.165) is 12.8 Å². The van der Waals surface area contributed by atoms with Crippen LogP contribution in [0.1, 0.15) is 12.8 Å². The lowest BCUT2D eigenvalue weighted by Gasteiger charge is -2.17. The summed E-state index contributed by atoms with van der Waals surface area (Å²) < 4.78 is 0. The first kappa shape index (κ1) is 6.84. The molecule has 3 aliphatic carbocycles. The monoisotopic (exact) mass is 164 g/mol. The Balaban J connectivity index is 2.03. The molecule has 0 heterocycles. The maximum absolute atomic E-state index is 11.4. The Bertz CT molecular complexity index is 269. The van der Waals surface area contributed by atoms with E-state index < -0.39 is 0 Å². The number of Topliss-reactive ketones (excluding diaryl/α,β-unsaturated/α-hetero) is 1. The Hall–Kier alpha value is -0.630. The molecule has 0 amide bonds. The Morgan fingerprint density at radius 3 is 2.83 bits per heavy atom. The predicted octanol–water partition coefficient (Wildman–Crippen LogP) is 0.758. The van der Waals surface area contributed by atoms with Crippen LogP contribution in [0.3, 0.4) is 0 Å². The molecule has 12 heavy (non-hydrogen) atoms. The van der Waals surface area contributed by atoms with Gasteiger partial charge in [0.15, 0.2) is 0 Å². The molecular formula is C10H12O2. The molecule has 2 nitrogen and oxygen atoms in total. The van der Waals surface area contributed by atoms with Crippen LogP contribution in [0, 0.1) is 23.7 Å². The molecular weight excluding hydrogens is 152 g/mol. The molecule has 0 aromatic heterocycles. The first-order chi connectivity index (χ1) is 5.79. The van der Waals surface area contributed by atoms with Gasteiger partial charge in [-0.15, -0.1) is 0 Å². The summed E-state index contributed by atoms with van der Waals surface area (Å²) >= 11 is 0. The van der Waals surface area contributed by atoms with Crippen molar-refractivity contribution >= 4 is 5.78 Å². The van der Waals surface area contributed by atoms with Crippen molar-refractivity contribution in [2.45, 2.75) is 18.9 Å². The Morgan fingerprint density at radius 1 is 1.33 bits per heavy atom. The van der Waals surface area contributed by atoms with Crippen molar-refractivity contribution in [1.29, 1.82) is 0 Å². The third-order valence-corrected chi connectivity index (χ3v) is 3.81. The number of hydrogen-bond donors (Lipinski definition) is 1. The van der Waals surface area contributed by atoms with E-state index in [2.05, 4.69) is 6.08 Å². The van der Waals surface area contributed by atoms with Crippen molar-refractivity contribution in [3.8, 4) is 0 Å². The minimum absolute atomic E-state index is 0.162. The lowest BCUT2D eigenvalue weighted by atomic mass is 9.86. The molecule has 3 rings (SSSR count). The molecule has 0 unspecified atom stereocenters. The van der Waals surface area contributed by atoms with Gasteiger partial charge in [0.2, 0.25) is 0 Å². The first-order valence-electron chi connectivity index (χ1n) is 4.68. The van der Waals surface area contributed by atoms with Gasteiger partial charge in [0.25, 0.3) is 0 Å². The molecule has 2 fully saturated rings. The first-order valence-corrected chi connectivity index (χ1v) is 4.68. The fraction of sp³-hybridized carbons (Fsp3) is 0.700. The van der Waals surface area contributed by atoms with Gasteiger partial charge in [0.1, 0.15) is 5.78 Å². The average molecular weight is 164 g/mol. The summed E-state index contributed by atoms with van der Waals surface area (Å²) in [4.78, 5) is 11.4. The van der Waals surface area contributed by atoms with E-state index in [9.17, 15) is 9.90 Å². The van der Waals surface area contributed by atoms with Gasteiger partial charge in [-0.05, 0) is 12.3 Å². The van der Waals surface area contributed by atoms with E-state index in [-0.39, 0.29) is 17.9 Å². The largest absolute Gasteiger partial charge is 0.392 e. The molecule has 0 aromatic rings. The van der Waals surface area contributed by atoms with Gasteiger partial charge in [0.05, 0.1) is 6.10 Å². The quantitative estimate of drug-likeness (QED) is 0.537. The molecule has 0 spiro atoms. The van der Waals surface area contributed by atoms with Crippen molar-refractivity contribution < 1.29 is 9.90 Å². The summed E-state index contributed by atoms with van der Waals surface area (Å²) in [6.07, 6.45) is 5.65. The van der Waals surface area contributed by atoms with Gasteiger partial charge in [-0.1, -0.05) is 12.2 Å². The van der Waals surface area contributed by atoms with Crippen LogP contribution >= 0.6 is 0 Å². The minimum atomic E-state index is -0.246. The minimum Gasteiger partial charge on any atom is -0.392 e. The topological polar surface area (TPSA) is 37.3 Å². The predicted molar refractivity (Wildman–Crippen MR) is 43.3 cm³/mol. The highest BCUT2D eigenvalue weighted by Crippen LogP contribution is 2.53. The van der Waals surface area contributed by atoms with Gasteiger partial charge in [0, 0.05) is 24.2 Å². The van der Waals surface area contributed by atoms with Gasteiger partial charge >= 0.3 is 0 Å². The van der Waals surface area contributed by atoms with E-state index in [1.54, 1.807) is 0 Å². The fourth-order valence-corrected chi connectivity index (χ4v) is 3.29. The molecule has 2 heteroatoms. The van der Waals surface area contributed by atoms with Crippen LogP contribution in [-0.4, -0.2) is 17.0 Å². The van der Waals surface area contributed by atoms with E-state index in [1.807, 2.05) is 6.08 Å². The zero-order valence-corrected chi connectivity index (χ0v) is 6.81. The highest BCUT2D eigenvalue weighted by Gasteiger charge is 2.56. The van der Waals surface area contributed by atoms with Crippen molar-refractivity contribution in [2.75, 3.05) is 0 Å². The maximum Gasteiger partial charge on any atom is 0.136 e. The molecule has 3 aliphatic rings. The SMILES string of the molecule is O=C1CC[C@H]2[C@H]3C=C[C@H]([C@@H]3O)[C@@H]12. The van der Waals surface area contributed by atoms with Gasteiger partial charge < -0.3 is 5.11 Å². The summed E-state index contributed by atoms with van der Waals surface area (Å²) in [6.45, 7) is 0. The fourth-order valence-electron chi connectivity index (χ4n) is 3.29. The van der Waals surface area contributed by atoms with Crippen LogP contribution in [0.2, 0.25) is 0 Å². The van der Waals surface area contributed by atoms with Crippen molar-refractivity contribution in [2.24, 2.45) is 23.7 Å². The van der Waals surface area contributed by atoms with Gasteiger partial charge in [-0.3, -0.25) is 4.79 Å². The van der Waals surface area contributed by atoms with E-state index in [1.165, 1.54) is 0 Å². The Kier molecular flexibility index (Phi) is 1.14. The molecule has 0 radical (unpaired) electrons. The second kappa shape index (κ2) is 1.99. The van der Waals surface area contributed by atoms with Crippen LogP contribution in [-0.2, 0) is 4.79 Å². The van der Waals surface area contributed by atoms with Gasteiger partial charge in [-0.25, -0.2) is 0 Å². The molecule has 2 bridgehead atoms. The normalized spacial score (nSPS) is 55.1. The third-order valence-electron chi connectivity index (χ3n) is 3.81. The highest BCUT2D eigenvalue weighted by molar-refractivity contribution is 5.85. The Morgan fingerprint density at radius 2 is 2.08 bits per heavy atom. The number of carbonyl (C=O) groups excluding carboxylic acids is 1. The van der Waals surface area contributed by atoms with Gasteiger partial charge in [-0.2, -0.15) is 0 Å². The molecule has 64 valence electrons. The van der Waals surface area contributed by atoms with Crippen molar-refractivity contribution in [3.63, 3.8) is 0 Å². The maximum atomic E-state index is 11.4. The summed E-state index contributed by atoms with van der Waals surface area (Å²) in [7, 11) is 0. The molecule has 5 atom stereocenters. The summed E-state index contributed by atoms with van der Waals surface area (Å²) in [6, 6.07) is 0. The molecule has 2 saturated carbocycles. The third kappa shape index (κ3) is 0.589. The molecule has 0 aliphatic heterocycles. The lowest BCUT2D eigenvalue weighted by Crippen LogP contribution is -2.20. The number of fused-ring (bicyclic) bond motifs is 5. The smallest absolute Gasteiger partial charge is 0.136 e. The van der Waals surface area contributed by atoms with Crippen LogP contribution < -0.4 is 0 Å². The standard InChI is InChI=1S/C10H12O2/c11-8-4-3-5-6-1-2-7(9(5)8)10(6)12/h1-2,5-7,9-10,12H,3-4H2/t5-,6+,7-,9-,10+/m0/s1. The van der Waals surface area contributed by atoms with Crippen molar-refractivity contribution in [1.82, 2.24) is 0 Å². The molecule has 0 aromatic carbocycles. The van der Waals surface area contributed by atoms with E-state index >= 15 is 0 Å². The molecule has 0 saturated heterocycles. The summed E-state index contributed by atoms with van der Waals surface area (Å²) in [5.74, 6) is 1.50. The lowest BCUT2D eigenvalue weighted by molar-refractivity contribution is -0.122. The second-order valence-corrected chi connectivity index (χ2v) is 4.22. The van der Waals surface area contributed by atoms with Crippen LogP contribution in [0.25, 0.3) is 0 Å². The zero-order chi connectivity index (χ0) is 8.29. The van der Waals surface area contributed by atoms with Crippen molar-refractivity contribution in [3.05, 3.63) is 12.2 Å². The number of aliphatic hydroxyl groups excluding tert-OH is 1.